The Morgan fingerprint density at radius 3 is 2.85 bits per heavy atom. The van der Waals surface area contributed by atoms with Crippen LogP contribution in [0.25, 0.3) is 6.08 Å². The largest absolute Gasteiger partial charge is 0.486 e. The molecule has 1 aromatic carbocycles. The fourth-order valence-electron chi connectivity index (χ4n) is 1.85. The molecule has 2 aromatic rings. The van der Waals surface area contributed by atoms with Gasteiger partial charge in [-0.2, -0.15) is 0 Å². The Balaban J connectivity index is 1.67. The van der Waals surface area contributed by atoms with E-state index in [0.29, 0.717) is 30.4 Å². The van der Waals surface area contributed by atoms with Gasteiger partial charge in [-0.05, 0) is 29.7 Å². The number of ether oxygens (including phenoxy) is 2. The van der Waals surface area contributed by atoms with E-state index in [1.54, 1.807) is 35.6 Å². The smallest absolute Gasteiger partial charge is 0.248 e. The minimum absolute atomic E-state index is 0.171. The summed E-state index contributed by atoms with van der Waals surface area (Å²) in [6.07, 6.45) is 3.31. The van der Waals surface area contributed by atoms with Gasteiger partial charge in [0.2, 0.25) is 5.91 Å². The average molecular weight is 287 g/mol. The Hall–Kier alpha value is -2.27. The minimum atomic E-state index is -0.171. The second-order valence-corrected chi connectivity index (χ2v) is 5.18. The molecule has 4 nitrogen and oxygen atoms in total. The summed E-state index contributed by atoms with van der Waals surface area (Å²) in [7, 11) is 0. The van der Waals surface area contributed by atoms with Crippen LogP contribution in [0.2, 0.25) is 0 Å². The molecule has 0 unspecified atom stereocenters. The minimum Gasteiger partial charge on any atom is -0.486 e. The van der Waals surface area contributed by atoms with Crippen molar-refractivity contribution in [2.24, 2.45) is 0 Å². The maximum absolute atomic E-state index is 11.8. The summed E-state index contributed by atoms with van der Waals surface area (Å²) in [6.45, 7) is 1.09. The summed E-state index contributed by atoms with van der Waals surface area (Å²) < 4.78 is 10.9. The number of benzene rings is 1. The molecule has 1 aromatic heterocycles. The summed E-state index contributed by atoms with van der Waals surface area (Å²) in [5.74, 6) is 1.20. The van der Waals surface area contributed by atoms with E-state index in [2.05, 4.69) is 5.32 Å². The van der Waals surface area contributed by atoms with Crippen molar-refractivity contribution in [1.29, 1.82) is 0 Å². The highest BCUT2D eigenvalue weighted by atomic mass is 32.1. The van der Waals surface area contributed by atoms with Crippen molar-refractivity contribution in [3.05, 3.63) is 46.7 Å². The van der Waals surface area contributed by atoms with Gasteiger partial charge in [0, 0.05) is 22.7 Å². The van der Waals surface area contributed by atoms with E-state index >= 15 is 0 Å². The summed E-state index contributed by atoms with van der Waals surface area (Å²) in [6, 6.07) is 9.27. The molecule has 0 radical (unpaired) electrons. The van der Waals surface area contributed by atoms with E-state index in [0.717, 1.165) is 4.88 Å². The van der Waals surface area contributed by atoms with Crippen LogP contribution < -0.4 is 14.8 Å². The van der Waals surface area contributed by atoms with Crippen LogP contribution in [-0.2, 0) is 4.79 Å². The monoisotopic (exact) mass is 287 g/mol. The number of nitrogens with one attached hydrogen (secondary N) is 1. The number of rotatable bonds is 3. The van der Waals surface area contributed by atoms with Gasteiger partial charge in [0.05, 0.1) is 0 Å². The molecule has 0 aliphatic carbocycles. The van der Waals surface area contributed by atoms with Crippen LogP contribution in [0.4, 0.5) is 5.69 Å². The van der Waals surface area contributed by atoms with Crippen molar-refractivity contribution in [3.8, 4) is 11.5 Å². The van der Waals surface area contributed by atoms with Gasteiger partial charge in [-0.25, -0.2) is 0 Å². The second-order valence-electron chi connectivity index (χ2n) is 4.20. The zero-order chi connectivity index (χ0) is 13.8. The lowest BCUT2D eigenvalue weighted by molar-refractivity contribution is -0.111. The van der Waals surface area contributed by atoms with E-state index in [1.165, 1.54) is 6.08 Å². The van der Waals surface area contributed by atoms with Crippen LogP contribution in [0.1, 0.15) is 4.88 Å². The molecule has 20 heavy (non-hydrogen) atoms. The first-order chi connectivity index (χ1) is 9.81. The molecule has 2 heterocycles. The first kappa shape index (κ1) is 12.7. The molecular formula is C15H13NO3S. The number of amides is 1. The first-order valence-corrected chi connectivity index (χ1v) is 7.11. The van der Waals surface area contributed by atoms with Crippen LogP contribution >= 0.6 is 11.3 Å². The number of carbonyl (C=O) groups is 1. The topological polar surface area (TPSA) is 47.6 Å². The van der Waals surface area contributed by atoms with Gasteiger partial charge in [-0.1, -0.05) is 6.07 Å². The highest BCUT2D eigenvalue weighted by Gasteiger charge is 2.12. The molecule has 3 rings (SSSR count). The van der Waals surface area contributed by atoms with Crippen molar-refractivity contribution < 1.29 is 14.3 Å². The van der Waals surface area contributed by atoms with E-state index in [9.17, 15) is 4.79 Å². The van der Waals surface area contributed by atoms with Crippen molar-refractivity contribution in [2.45, 2.75) is 0 Å². The molecule has 0 saturated heterocycles. The van der Waals surface area contributed by atoms with Crippen LogP contribution in [0, 0.1) is 0 Å². The zero-order valence-electron chi connectivity index (χ0n) is 10.7. The third kappa shape index (κ3) is 3.00. The lowest BCUT2D eigenvalue weighted by Gasteiger charge is -2.18. The predicted octanol–water partition coefficient (Wildman–Crippen LogP) is 3.17. The Labute approximate surface area is 120 Å². The van der Waals surface area contributed by atoms with Gasteiger partial charge in [0.1, 0.15) is 13.2 Å². The van der Waals surface area contributed by atoms with Gasteiger partial charge < -0.3 is 14.8 Å². The molecule has 0 saturated carbocycles. The fraction of sp³-hybridized carbons (Fsp3) is 0.133. The lowest BCUT2D eigenvalue weighted by atomic mass is 10.2. The molecule has 0 atom stereocenters. The van der Waals surface area contributed by atoms with E-state index < -0.39 is 0 Å². The van der Waals surface area contributed by atoms with Crippen LogP contribution in [0.5, 0.6) is 11.5 Å². The van der Waals surface area contributed by atoms with E-state index in [1.807, 2.05) is 17.5 Å². The summed E-state index contributed by atoms with van der Waals surface area (Å²) >= 11 is 1.59. The lowest BCUT2D eigenvalue weighted by Crippen LogP contribution is -2.16. The highest BCUT2D eigenvalue weighted by molar-refractivity contribution is 7.10. The number of anilines is 1. The summed E-state index contributed by atoms with van der Waals surface area (Å²) in [5.41, 5.74) is 0.690. The molecule has 0 bridgehead atoms. The number of fused-ring (bicyclic) bond motifs is 1. The Morgan fingerprint density at radius 1 is 1.20 bits per heavy atom. The molecule has 0 fully saturated rings. The average Bonchev–Trinajstić information content (AvgIpc) is 2.98. The highest BCUT2D eigenvalue weighted by Crippen LogP contribution is 2.32. The van der Waals surface area contributed by atoms with Crippen molar-refractivity contribution in [3.63, 3.8) is 0 Å². The SMILES string of the molecule is O=C(/C=C/c1cccs1)Nc1ccc2c(c1)OCCO2. The van der Waals surface area contributed by atoms with Gasteiger partial charge in [0.15, 0.2) is 11.5 Å². The number of hydrogen-bond donors (Lipinski definition) is 1. The maximum atomic E-state index is 11.8. The van der Waals surface area contributed by atoms with E-state index in [4.69, 9.17) is 9.47 Å². The zero-order valence-corrected chi connectivity index (χ0v) is 11.5. The van der Waals surface area contributed by atoms with E-state index in [-0.39, 0.29) is 5.91 Å². The molecule has 0 spiro atoms. The standard InChI is InChI=1S/C15H13NO3S/c17-15(6-4-12-2-1-9-20-12)16-11-3-5-13-14(10-11)19-8-7-18-13/h1-6,9-10H,7-8H2,(H,16,17)/b6-4+. The normalized spacial score (nSPS) is 13.4. The molecule has 1 amide bonds. The molecule has 1 N–H and O–H groups in total. The first-order valence-electron chi connectivity index (χ1n) is 6.23. The summed E-state index contributed by atoms with van der Waals surface area (Å²) in [4.78, 5) is 12.9. The molecule has 102 valence electrons. The van der Waals surface area contributed by atoms with Gasteiger partial charge in [-0.15, -0.1) is 11.3 Å². The van der Waals surface area contributed by atoms with Crippen LogP contribution in [0.3, 0.4) is 0 Å². The van der Waals surface area contributed by atoms with Crippen molar-refractivity contribution >= 4 is 29.0 Å². The molecule has 5 heteroatoms. The van der Waals surface area contributed by atoms with Gasteiger partial charge in [0.25, 0.3) is 0 Å². The quantitative estimate of drug-likeness (QED) is 0.882. The van der Waals surface area contributed by atoms with Crippen LogP contribution in [0.15, 0.2) is 41.8 Å². The Kier molecular flexibility index (Phi) is 3.69. The molecule has 1 aliphatic rings. The van der Waals surface area contributed by atoms with Crippen molar-refractivity contribution in [2.75, 3.05) is 18.5 Å². The number of thiophene rings is 1. The third-order valence-electron chi connectivity index (χ3n) is 2.75. The van der Waals surface area contributed by atoms with Gasteiger partial charge >= 0.3 is 0 Å². The molecule has 1 aliphatic heterocycles. The second kappa shape index (κ2) is 5.79. The Bertz CT molecular complexity index is 635. The van der Waals surface area contributed by atoms with Gasteiger partial charge in [-0.3, -0.25) is 4.79 Å². The maximum Gasteiger partial charge on any atom is 0.248 e. The van der Waals surface area contributed by atoms with Crippen molar-refractivity contribution in [1.82, 2.24) is 0 Å². The Morgan fingerprint density at radius 2 is 2.05 bits per heavy atom. The number of hydrogen-bond acceptors (Lipinski definition) is 4. The third-order valence-corrected chi connectivity index (χ3v) is 3.59. The predicted molar refractivity (Wildman–Crippen MR) is 79.4 cm³/mol. The van der Waals surface area contributed by atoms with Crippen LogP contribution in [-0.4, -0.2) is 19.1 Å². The molecular weight excluding hydrogens is 274 g/mol. The fourth-order valence-corrected chi connectivity index (χ4v) is 2.47. The summed E-state index contributed by atoms with van der Waals surface area (Å²) in [5, 5.41) is 4.77. The number of carbonyl (C=O) groups excluding carboxylic acids is 1.